The third-order valence-corrected chi connectivity index (χ3v) is 6.09. The van der Waals surface area contributed by atoms with Crippen molar-refractivity contribution in [2.24, 2.45) is 0 Å². The Balaban J connectivity index is 1.41. The van der Waals surface area contributed by atoms with E-state index in [0.29, 0.717) is 18.9 Å². The summed E-state index contributed by atoms with van der Waals surface area (Å²) in [5.41, 5.74) is 2.71. The van der Waals surface area contributed by atoms with Crippen LogP contribution in [0.2, 0.25) is 0 Å². The lowest BCUT2D eigenvalue weighted by molar-refractivity contribution is -0.116. The van der Waals surface area contributed by atoms with E-state index in [-0.39, 0.29) is 5.91 Å². The van der Waals surface area contributed by atoms with Gasteiger partial charge in [0.1, 0.15) is 5.82 Å². The number of pyridine rings is 1. The summed E-state index contributed by atoms with van der Waals surface area (Å²) in [5, 5.41) is 4.99. The minimum absolute atomic E-state index is 0.00673. The molecule has 148 valence electrons. The molecule has 0 unspecified atom stereocenters. The number of fused-ring (bicyclic) bond motifs is 2. The lowest BCUT2D eigenvalue weighted by Crippen LogP contribution is -2.26. The Morgan fingerprint density at radius 2 is 1.90 bits per heavy atom. The van der Waals surface area contributed by atoms with Crippen LogP contribution < -0.4 is 10.2 Å². The summed E-state index contributed by atoms with van der Waals surface area (Å²) in [5.74, 6) is 0.938. The van der Waals surface area contributed by atoms with Gasteiger partial charge in [0.05, 0.1) is 20.7 Å². The molecule has 4 rings (SSSR count). The van der Waals surface area contributed by atoms with Gasteiger partial charge in [0.25, 0.3) is 0 Å². The number of anilines is 2. The van der Waals surface area contributed by atoms with Gasteiger partial charge in [-0.15, -0.1) is 11.3 Å². The number of aryl methyl sites for hydroxylation is 1. The van der Waals surface area contributed by atoms with Gasteiger partial charge in [-0.3, -0.25) is 4.79 Å². The molecule has 6 heteroatoms. The van der Waals surface area contributed by atoms with Gasteiger partial charge in [-0.2, -0.15) is 0 Å². The molecule has 0 atom stereocenters. The van der Waals surface area contributed by atoms with E-state index in [1.54, 1.807) is 11.3 Å². The average Bonchev–Trinajstić information content (AvgIpc) is 3.14. The first kappa shape index (κ1) is 19.3. The van der Waals surface area contributed by atoms with Crippen LogP contribution in [-0.2, 0) is 11.2 Å². The summed E-state index contributed by atoms with van der Waals surface area (Å²) in [6.07, 6.45) is 1.06. The second-order valence-corrected chi connectivity index (χ2v) is 8.52. The molecule has 2 aromatic heterocycles. The smallest absolute Gasteiger partial charge is 0.224 e. The molecule has 2 heterocycles. The molecule has 0 aliphatic heterocycles. The van der Waals surface area contributed by atoms with E-state index in [4.69, 9.17) is 4.98 Å². The van der Waals surface area contributed by atoms with Crippen molar-refractivity contribution >= 4 is 49.9 Å². The third kappa shape index (κ3) is 4.38. The number of carbonyl (C=O) groups excluding carboxylic acids is 1. The SMILES string of the molecule is CC(C)N(C)c1ccc2cc(NC(=O)CCc3nc4ccccc4s3)ccc2n1. The first-order chi connectivity index (χ1) is 14.0. The van der Waals surface area contributed by atoms with Crippen LogP contribution in [0.15, 0.2) is 54.6 Å². The van der Waals surface area contributed by atoms with Gasteiger partial charge in [-0.1, -0.05) is 12.1 Å². The van der Waals surface area contributed by atoms with E-state index in [9.17, 15) is 4.79 Å². The summed E-state index contributed by atoms with van der Waals surface area (Å²) >= 11 is 1.65. The van der Waals surface area contributed by atoms with Crippen LogP contribution in [0.5, 0.6) is 0 Å². The largest absolute Gasteiger partial charge is 0.357 e. The third-order valence-electron chi connectivity index (χ3n) is 5.00. The quantitative estimate of drug-likeness (QED) is 0.476. The van der Waals surface area contributed by atoms with Crippen molar-refractivity contribution in [2.45, 2.75) is 32.7 Å². The van der Waals surface area contributed by atoms with Gasteiger partial charge in [0, 0.05) is 37.0 Å². The van der Waals surface area contributed by atoms with Crippen molar-refractivity contribution < 1.29 is 4.79 Å². The Kier molecular flexibility index (Phi) is 5.45. The number of hydrogen-bond acceptors (Lipinski definition) is 5. The van der Waals surface area contributed by atoms with Crippen molar-refractivity contribution in [3.05, 3.63) is 59.6 Å². The molecule has 0 fully saturated rings. The lowest BCUT2D eigenvalue weighted by Gasteiger charge is -2.22. The van der Waals surface area contributed by atoms with Gasteiger partial charge in [-0.25, -0.2) is 9.97 Å². The highest BCUT2D eigenvalue weighted by molar-refractivity contribution is 7.18. The van der Waals surface area contributed by atoms with Crippen molar-refractivity contribution in [1.82, 2.24) is 9.97 Å². The number of hydrogen-bond donors (Lipinski definition) is 1. The molecule has 1 N–H and O–H groups in total. The van der Waals surface area contributed by atoms with Crippen LogP contribution in [0.25, 0.3) is 21.1 Å². The van der Waals surface area contributed by atoms with E-state index in [0.717, 1.165) is 37.6 Å². The average molecular weight is 405 g/mol. The Hall–Kier alpha value is -2.99. The molecule has 0 saturated heterocycles. The number of nitrogens with zero attached hydrogens (tertiary/aromatic N) is 3. The first-order valence-electron chi connectivity index (χ1n) is 9.77. The first-order valence-corrected chi connectivity index (χ1v) is 10.6. The number of carbonyl (C=O) groups is 1. The molecule has 0 spiro atoms. The number of thiazole rings is 1. The molecule has 0 bridgehead atoms. The summed E-state index contributed by atoms with van der Waals surface area (Å²) in [6.45, 7) is 4.28. The fourth-order valence-electron chi connectivity index (χ4n) is 3.12. The predicted octanol–water partition coefficient (Wildman–Crippen LogP) is 5.26. The Labute approximate surface area is 174 Å². The highest BCUT2D eigenvalue weighted by Gasteiger charge is 2.10. The van der Waals surface area contributed by atoms with Crippen LogP contribution in [-0.4, -0.2) is 29.0 Å². The van der Waals surface area contributed by atoms with Crippen LogP contribution in [0.4, 0.5) is 11.5 Å². The van der Waals surface area contributed by atoms with E-state index in [2.05, 4.69) is 35.1 Å². The van der Waals surface area contributed by atoms with Crippen molar-refractivity contribution in [2.75, 3.05) is 17.3 Å². The van der Waals surface area contributed by atoms with Gasteiger partial charge in [-0.05, 0) is 56.3 Å². The predicted molar refractivity (Wildman–Crippen MR) is 122 cm³/mol. The molecular weight excluding hydrogens is 380 g/mol. The van der Waals surface area contributed by atoms with Crippen LogP contribution in [0.1, 0.15) is 25.3 Å². The zero-order chi connectivity index (χ0) is 20.4. The number of benzene rings is 2. The standard InChI is InChI=1S/C23H24N4OS/c1-15(2)27(3)21-11-8-16-14-17(9-10-18(16)25-21)24-22(28)12-13-23-26-19-6-4-5-7-20(19)29-23/h4-11,14-15H,12-13H2,1-3H3,(H,24,28). The molecule has 2 aromatic carbocycles. The number of para-hydroxylation sites is 1. The lowest BCUT2D eigenvalue weighted by atomic mass is 10.2. The molecular formula is C23H24N4OS. The summed E-state index contributed by atoms with van der Waals surface area (Å²) in [6, 6.07) is 18.3. The van der Waals surface area contributed by atoms with Gasteiger partial charge in [0.2, 0.25) is 5.91 Å². The molecule has 0 aliphatic rings. The fourth-order valence-corrected chi connectivity index (χ4v) is 4.09. The van der Waals surface area contributed by atoms with Crippen LogP contribution in [0, 0.1) is 0 Å². The number of amides is 1. The summed E-state index contributed by atoms with van der Waals surface area (Å²) in [4.78, 5) is 23.8. The molecule has 0 saturated carbocycles. The Morgan fingerprint density at radius 1 is 1.07 bits per heavy atom. The van der Waals surface area contributed by atoms with E-state index in [1.165, 1.54) is 0 Å². The van der Waals surface area contributed by atoms with Crippen molar-refractivity contribution in [3.63, 3.8) is 0 Å². The maximum Gasteiger partial charge on any atom is 0.224 e. The minimum atomic E-state index is -0.00673. The second-order valence-electron chi connectivity index (χ2n) is 7.41. The Morgan fingerprint density at radius 3 is 2.69 bits per heavy atom. The maximum atomic E-state index is 12.4. The van der Waals surface area contributed by atoms with Crippen molar-refractivity contribution in [1.29, 1.82) is 0 Å². The number of rotatable bonds is 6. The molecule has 4 aromatic rings. The second kappa shape index (κ2) is 8.17. The zero-order valence-electron chi connectivity index (χ0n) is 16.8. The monoisotopic (exact) mass is 404 g/mol. The highest BCUT2D eigenvalue weighted by Crippen LogP contribution is 2.24. The normalized spacial score (nSPS) is 11.3. The van der Waals surface area contributed by atoms with Gasteiger partial charge in [0.15, 0.2) is 0 Å². The van der Waals surface area contributed by atoms with Crippen molar-refractivity contribution in [3.8, 4) is 0 Å². The van der Waals surface area contributed by atoms with Gasteiger partial charge >= 0.3 is 0 Å². The number of aromatic nitrogens is 2. The molecule has 1 amide bonds. The molecule has 0 radical (unpaired) electrons. The number of nitrogens with one attached hydrogen (secondary N) is 1. The molecule has 5 nitrogen and oxygen atoms in total. The Bertz CT molecular complexity index is 1130. The van der Waals surface area contributed by atoms with Crippen LogP contribution >= 0.6 is 11.3 Å². The summed E-state index contributed by atoms with van der Waals surface area (Å²) in [7, 11) is 2.04. The topological polar surface area (TPSA) is 58.1 Å². The fraction of sp³-hybridized carbons (Fsp3) is 0.261. The molecule has 29 heavy (non-hydrogen) atoms. The zero-order valence-corrected chi connectivity index (χ0v) is 17.7. The van der Waals surface area contributed by atoms with E-state index >= 15 is 0 Å². The summed E-state index contributed by atoms with van der Waals surface area (Å²) < 4.78 is 1.16. The maximum absolute atomic E-state index is 12.4. The van der Waals surface area contributed by atoms with E-state index < -0.39 is 0 Å². The van der Waals surface area contributed by atoms with E-state index in [1.807, 2.05) is 55.6 Å². The highest BCUT2D eigenvalue weighted by atomic mass is 32.1. The minimum Gasteiger partial charge on any atom is -0.357 e. The van der Waals surface area contributed by atoms with Crippen LogP contribution in [0.3, 0.4) is 0 Å². The molecule has 0 aliphatic carbocycles. The van der Waals surface area contributed by atoms with Gasteiger partial charge < -0.3 is 10.2 Å².